The predicted molar refractivity (Wildman–Crippen MR) is 126 cm³/mol. The molecule has 0 aliphatic heterocycles. The van der Waals surface area contributed by atoms with E-state index in [0.717, 1.165) is 25.0 Å². The number of allylic oxidation sites excluding steroid dienone is 2. The summed E-state index contributed by atoms with van der Waals surface area (Å²) >= 11 is 1.30. The van der Waals surface area contributed by atoms with Crippen molar-refractivity contribution >= 4 is 34.9 Å². The number of para-hydroxylation sites is 2. The van der Waals surface area contributed by atoms with Crippen LogP contribution in [0.4, 0.5) is 5.69 Å². The van der Waals surface area contributed by atoms with Crippen molar-refractivity contribution in [1.82, 2.24) is 5.16 Å². The van der Waals surface area contributed by atoms with Crippen molar-refractivity contribution in [2.45, 2.75) is 19.3 Å². The van der Waals surface area contributed by atoms with E-state index < -0.39 is 17.5 Å². The number of rotatable bonds is 10. The number of fused-ring (bicyclic) bond motifs is 1. The van der Waals surface area contributed by atoms with Crippen molar-refractivity contribution in [3.05, 3.63) is 88.7 Å². The van der Waals surface area contributed by atoms with Gasteiger partial charge in [-0.1, -0.05) is 41.6 Å². The van der Waals surface area contributed by atoms with Gasteiger partial charge in [-0.3, -0.25) is 14.4 Å². The van der Waals surface area contributed by atoms with Crippen LogP contribution in [-0.4, -0.2) is 35.0 Å². The van der Waals surface area contributed by atoms with Crippen molar-refractivity contribution in [3.63, 3.8) is 0 Å². The Kier molecular flexibility index (Phi) is 7.36. The monoisotopic (exact) mass is 462 g/mol. The van der Waals surface area contributed by atoms with Gasteiger partial charge in [-0.2, -0.15) is 0 Å². The number of ketones is 2. The first-order valence-corrected chi connectivity index (χ1v) is 11.6. The summed E-state index contributed by atoms with van der Waals surface area (Å²) in [5.41, 5.74) is 0.293. The number of nitrogens with one attached hydrogen (secondary N) is 1. The maximum atomic E-state index is 13.0. The summed E-state index contributed by atoms with van der Waals surface area (Å²) in [5, 5.41) is 6.36. The molecule has 1 aromatic heterocycles. The Hall–Kier alpha value is -3.65. The third-order valence-corrected chi connectivity index (χ3v) is 6.04. The second-order valence-corrected chi connectivity index (χ2v) is 8.46. The quantitative estimate of drug-likeness (QED) is 0.415. The Morgan fingerprint density at radius 3 is 2.45 bits per heavy atom. The van der Waals surface area contributed by atoms with Crippen LogP contribution in [0.3, 0.4) is 0 Å². The number of anilines is 1. The molecule has 0 spiro atoms. The molecule has 0 radical (unpaired) electrons. The molecule has 0 saturated heterocycles. The number of ether oxygens (including phenoxy) is 1. The summed E-state index contributed by atoms with van der Waals surface area (Å²) in [6, 6.07) is 18.4. The molecule has 33 heavy (non-hydrogen) atoms. The first-order chi connectivity index (χ1) is 16.1. The molecule has 168 valence electrons. The largest absolute Gasteiger partial charge is 0.494 e. The van der Waals surface area contributed by atoms with Crippen LogP contribution in [0, 0.1) is 0 Å². The third-order valence-electron chi connectivity index (χ3n) is 4.93. The average Bonchev–Trinajstić information content (AvgIpc) is 3.29. The molecule has 3 aromatic rings. The number of nitrogens with zero attached hydrogens (tertiary/aromatic N) is 1. The van der Waals surface area contributed by atoms with Gasteiger partial charge in [0.25, 0.3) is 5.91 Å². The fourth-order valence-corrected chi connectivity index (χ4v) is 4.28. The molecule has 4 rings (SSSR count). The zero-order valence-electron chi connectivity index (χ0n) is 17.8. The summed E-state index contributed by atoms with van der Waals surface area (Å²) in [4.78, 5) is 38.3. The van der Waals surface area contributed by atoms with E-state index in [1.807, 2.05) is 36.4 Å². The summed E-state index contributed by atoms with van der Waals surface area (Å²) in [5.74, 6) is -0.156. The highest BCUT2D eigenvalue weighted by Crippen LogP contribution is 2.31. The van der Waals surface area contributed by atoms with Gasteiger partial charge in [0.2, 0.25) is 17.3 Å². The number of benzene rings is 2. The molecule has 2 aromatic carbocycles. The lowest BCUT2D eigenvalue weighted by molar-refractivity contribution is 0.0967. The van der Waals surface area contributed by atoms with E-state index in [1.54, 1.807) is 24.3 Å². The highest BCUT2D eigenvalue weighted by atomic mass is 32.2. The van der Waals surface area contributed by atoms with E-state index in [-0.39, 0.29) is 17.0 Å². The van der Waals surface area contributed by atoms with Crippen LogP contribution in [0.25, 0.3) is 0 Å². The zero-order chi connectivity index (χ0) is 23.0. The van der Waals surface area contributed by atoms with Crippen molar-refractivity contribution < 1.29 is 23.6 Å². The molecule has 8 heteroatoms. The van der Waals surface area contributed by atoms with Gasteiger partial charge in [0.15, 0.2) is 5.69 Å². The smallest absolute Gasteiger partial charge is 0.278 e. The van der Waals surface area contributed by atoms with Crippen molar-refractivity contribution in [1.29, 1.82) is 0 Å². The molecular formula is C25H22N2O5S. The molecule has 0 atom stereocenters. The highest BCUT2D eigenvalue weighted by molar-refractivity contribution is 8.04. The Morgan fingerprint density at radius 2 is 1.70 bits per heavy atom. The normalized spacial score (nSPS) is 12.8. The molecular weight excluding hydrogens is 440 g/mol. The topological polar surface area (TPSA) is 98.5 Å². The minimum absolute atomic E-state index is 0.0744. The van der Waals surface area contributed by atoms with Crippen molar-refractivity contribution in [3.8, 4) is 5.75 Å². The second kappa shape index (κ2) is 10.8. The lowest BCUT2D eigenvalue weighted by atomic mass is 9.99. The SMILES string of the molecule is O=C(Nc1ccccc1)c1noc2c1C(=O)C(SCCCCCOc1ccccc1)=CC2=O. The van der Waals surface area contributed by atoms with Gasteiger partial charge in [-0.25, -0.2) is 0 Å². The summed E-state index contributed by atoms with van der Waals surface area (Å²) in [6.07, 6.45) is 3.94. The minimum Gasteiger partial charge on any atom is -0.494 e. The van der Waals surface area contributed by atoms with Gasteiger partial charge in [0, 0.05) is 11.8 Å². The number of hydrogen-bond donors (Lipinski definition) is 1. The molecule has 7 nitrogen and oxygen atoms in total. The van der Waals surface area contributed by atoms with Crippen LogP contribution in [0.2, 0.25) is 0 Å². The molecule has 1 heterocycles. The average molecular weight is 463 g/mol. The lowest BCUT2D eigenvalue weighted by Gasteiger charge is -2.11. The molecule has 0 bridgehead atoms. The van der Waals surface area contributed by atoms with E-state index in [9.17, 15) is 14.4 Å². The summed E-state index contributed by atoms with van der Waals surface area (Å²) < 4.78 is 10.7. The number of aromatic nitrogens is 1. The molecule has 0 unspecified atom stereocenters. The molecule has 1 aliphatic rings. The van der Waals surface area contributed by atoms with Crippen LogP contribution >= 0.6 is 11.8 Å². The molecule has 1 aliphatic carbocycles. The van der Waals surface area contributed by atoms with Crippen LogP contribution in [-0.2, 0) is 0 Å². The van der Waals surface area contributed by atoms with Crippen LogP contribution in [0.1, 0.15) is 50.7 Å². The minimum atomic E-state index is -0.600. The van der Waals surface area contributed by atoms with Gasteiger partial charge >= 0.3 is 0 Å². The van der Waals surface area contributed by atoms with E-state index in [4.69, 9.17) is 9.26 Å². The maximum Gasteiger partial charge on any atom is 0.278 e. The Morgan fingerprint density at radius 1 is 0.970 bits per heavy atom. The number of unbranched alkanes of at least 4 members (excludes halogenated alkanes) is 2. The molecule has 0 fully saturated rings. The number of Topliss-reactive ketones (excluding diaryl/α,β-unsaturated/α-hetero) is 1. The predicted octanol–water partition coefficient (Wildman–Crippen LogP) is 5.17. The van der Waals surface area contributed by atoms with Gasteiger partial charge in [0.05, 0.1) is 11.5 Å². The van der Waals surface area contributed by atoms with Crippen molar-refractivity contribution in [2.75, 3.05) is 17.7 Å². The lowest BCUT2D eigenvalue weighted by Crippen LogP contribution is -2.20. The van der Waals surface area contributed by atoms with E-state index in [0.29, 0.717) is 23.0 Å². The van der Waals surface area contributed by atoms with Crippen molar-refractivity contribution in [2.24, 2.45) is 0 Å². The fraction of sp³-hybridized carbons (Fsp3) is 0.200. The summed E-state index contributed by atoms with van der Waals surface area (Å²) in [6.45, 7) is 0.624. The van der Waals surface area contributed by atoms with Crippen LogP contribution < -0.4 is 10.1 Å². The third kappa shape index (κ3) is 5.59. The number of thioether (sulfide) groups is 1. The Labute approximate surface area is 195 Å². The number of amides is 1. The number of carbonyl (C=O) groups is 3. The Bertz CT molecular complexity index is 1170. The second-order valence-electron chi connectivity index (χ2n) is 7.33. The Balaban J connectivity index is 1.29. The number of hydrogen-bond acceptors (Lipinski definition) is 7. The van der Waals surface area contributed by atoms with Crippen LogP contribution in [0.15, 0.2) is 76.2 Å². The van der Waals surface area contributed by atoms with Gasteiger partial charge < -0.3 is 14.6 Å². The van der Waals surface area contributed by atoms with E-state index >= 15 is 0 Å². The van der Waals surface area contributed by atoms with Gasteiger partial charge in [0.1, 0.15) is 11.3 Å². The standard InChI is InChI=1S/C25H22N2O5S/c28-19-16-20(33-15-9-3-8-14-31-18-12-6-2-7-13-18)23(29)21-22(27-32-24(19)21)25(30)26-17-10-4-1-5-11-17/h1-2,4-7,10-13,16H,3,8-9,14-15H2,(H,26,30). The molecule has 1 N–H and O–H groups in total. The van der Waals surface area contributed by atoms with Gasteiger partial charge in [-0.05, 0) is 49.3 Å². The van der Waals surface area contributed by atoms with Crippen LogP contribution in [0.5, 0.6) is 5.75 Å². The fourth-order valence-electron chi connectivity index (χ4n) is 3.29. The maximum absolute atomic E-state index is 13.0. The first kappa shape index (κ1) is 22.5. The zero-order valence-corrected chi connectivity index (χ0v) is 18.6. The molecule has 0 saturated carbocycles. The summed E-state index contributed by atoms with van der Waals surface area (Å²) in [7, 11) is 0. The highest BCUT2D eigenvalue weighted by Gasteiger charge is 2.36. The van der Waals surface area contributed by atoms with Gasteiger partial charge in [-0.15, -0.1) is 11.8 Å². The first-order valence-electron chi connectivity index (χ1n) is 10.6. The molecule has 1 amide bonds. The number of carbonyl (C=O) groups excluding carboxylic acids is 3. The van der Waals surface area contributed by atoms with E-state index in [2.05, 4.69) is 10.5 Å². The van der Waals surface area contributed by atoms with E-state index in [1.165, 1.54) is 17.8 Å².